The first-order chi connectivity index (χ1) is 11.2. The summed E-state index contributed by atoms with van der Waals surface area (Å²) in [5, 5.41) is 1.95. The molecule has 0 bridgehead atoms. The summed E-state index contributed by atoms with van der Waals surface area (Å²) in [6.07, 6.45) is 4.32. The third kappa shape index (κ3) is 4.59. The van der Waals surface area contributed by atoms with Gasteiger partial charge in [0, 0.05) is 6.04 Å². The van der Waals surface area contributed by atoms with Gasteiger partial charge in [0.25, 0.3) is 0 Å². The van der Waals surface area contributed by atoms with E-state index in [1.54, 1.807) is 0 Å². The van der Waals surface area contributed by atoms with Crippen molar-refractivity contribution < 1.29 is 13.2 Å². The summed E-state index contributed by atoms with van der Waals surface area (Å²) in [4.78, 5) is 12.5. The Morgan fingerprint density at radius 3 is 2.58 bits per heavy atom. The van der Waals surface area contributed by atoms with Crippen molar-refractivity contribution in [1.29, 1.82) is 0 Å². The van der Waals surface area contributed by atoms with Crippen LogP contribution >= 0.6 is 0 Å². The number of carbonyl (C=O) groups is 1. The molecule has 0 aromatic heterocycles. The average Bonchev–Trinajstić information content (AvgIpc) is 2.52. The number of nitrogens with one attached hydrogen (secondary N) is 1. The minimum absolute atomic E-state index is 0.0880. The minimum Gasteiger partial charge on any atom is -0.352 e. The van der Waals surface area contributed by atoms with Crippen LogP contribution in [-0.4, -0.2) is 25.6 Å². The maximum Gasteiger partial charge on any atom is 0.238 e. The molecular formula is C19H29NO3S. The van der Waals surface area contributed by atoms with Crippen LogP contribution in [0.2, 0.25) is 0 Å². The molecule has 1 aliphatic carbocycles. The highest BCUT2D eigenvalue weighted by molar-refractivity contribution is 7.92. The molecule has 4 nitrogen and oxygen atoms in total. The molecule has 1 fully saturated rings. The number of carbonyl (C=O) groups excluding carboxylic acids is 1. The van der Waals surface area contributed by atoms with Crippen molar-refractivity contribution in [2.75, 3.05) is 0 Å². The average molecular weight is 352 g/mol. The van der Waals surface area contributed by atoms with Gasteiger partial charge in [-0.1, -0.05) is 43.5 Å². The lowest BCUT2D eigenvalue weighted by Gasteiger charge is -2.30. The summed E-state index contributed by atoms with van der Waals surface area (Å²) in [7, 11) is -3.53. The van der Waals surface area contributed by atoms with Gasteiger partial charge in [-0.3, -0.25) is 4.79 Å². The number of hydrogen-bond donors (Lipinski definition) is 1. The normalized spacial score (nSPS) is 22.8. The predicted octanol–water partition coefficient (Wildman–Crippen LogP) is 3.30. The van der Waals surface area contributed by atoms with Gasteiger partial charge >= 0.3 is 0 Å². The van der Waals surface area contributed by atoms with Crippen LogP contribution in [0.4, 0.5) is 0 Å². The molecular weight excluding hydrogens is 322 g/mol. The summed E-state index contributed by atoms with van der Waals surface area (Å²) in [5.74, 6) is -0.0364. The lowest BCUT2D eigenvalue weighted by atomic mass is 9.86. The molecule has 1 aliphatic rings. The first-order valence-corrected chi connectivity index (χ1v) is 10.5. The van der Waals surface area contributed by atoms with E-state index in [0.717, 1.165) is 36.0 Å². The Morgan fingerprint density at radius 1 is 1.25 bits per heavy atom. The fourth-order valence-corrected chi connectivity index (χ4v) is 4.68. The molecule has 24 heavy (non-hydrogen) atoms. The van der Waals surface area contributed by atoms with E-state index in [-0.39, 0.29) is 17.7 Å². The van der Waals surface area contributed by atoms with Crippen LogP contribution in [-0.2, 0) is 20.4 Å². The van der Waals surface area contributed by atoms with E-state index >= 15 is 0 Å². The van der Waals surface area contributed by atoms with Gasteiger partial charge in [0.1, 0.15) is 5.25 Å². The van der Waals surface area contributed by atoms with Gasteiger partial charge in [-0.2, -0.15) is 0 Å². The molecule has 2 rings (SSSR count). The first kappa shape index (κ1) is 19.0. The number of sulfone groups is 1. The SMILES string of the molecule is Cc1ccc(C)c(CS(=O)(=O)[C@H](C)C(=O)N[C@@H]2CCCC[C@H]2C)c1. The minimum atomic E-state index is -3.53. The van der Waals surface area contributed by atoms with Gasteiger partial charge in [0.05, 0.1) is 5.75 Å². The van der Waals surface area contributed by atoms with E-state index in [1.165, 1.54) is 13.3 Å². The van der Waals surface area contributed by atoms with E-state index in [1.807, 2.05) is 32.0 Å². The Balaban J connectivity index is 2.07. The molecule has 3 atom stereocenters. The number of aryl methyl sites for hydroxylation is 2. The van der Waals surface area contributed by atoms with Crippen LogP contribution in [0.3, 0.4) is 0 Å². The van der Waals surface area contributed by atoms with E-state index in [2.05, 4.69) is 12.2 Å². The van der Waals surface area contributed by atoms with E-state index in [4.69, 9.17) is 0 Å². The van der Waals surface area contributed by atoms with Gasteiger partial charge in [0.15, 0.2) is 9.84 Å². The van der Waals surface area contributed by atoms with Crippen molar-refractivity contribution in [2.45, 2.75) is 70.4 Å². The van der Waals surface area contributed by atoms with Crippen LogP contribution in [0.5, 0.6) is 0 Å². The van der Waals surface area contributed by atoms with Crippen LogP contribution in [0.15, 0.2) is 18.2 Å². The molecule has 1 aromatic carbocycles. The van der Waals surface area contributed by atoms with Crippen molar-refractivity contribution in [1.82, 2.24) is 5.32 Å². The molecule has 0 saturated heterocycles. The van der Waals surface area contributed by atoms with Crippen molar-refractivity contribution in [3.63, 3.8) is 0 Å². The summed E-state index contributed by atoms with van der Waals surface area (Å²) in [5.41, 5.74) is 2.75. The van der Waals surface area contributed by atoms with Crippen molar-refractivity contribution >= 4 is 15.7 Å². The summed E-state index contributed by atoms with van der Waals surface area (Å²) in [6, 6.07) is 5.88. The predicted molar refractivity (Wildman–Crippen MR) is 97.6 cm³/mol. The Kier molecular flexibility index (Phi) is 6.07. The Morgan fingerprint density at radius 2 is 1.92 bits per heavy atom. The van der Waals surface area contributed by atoms with Crippen LogP contribution in [0, 0.1) is 19.8 Å². The van der Waals surface area contributed by atoms with Crippen molar-refractivity contribution in [2.24, 2.45) is 5.92 Å². The highest BCUT2D eigenvalue weighted by Crippen LogP contribution is 2.24. The topological polar surface area (TPSA) is 63.2 Å². The van der Waals surface area contributed by atoms with Crippen LogP contribution in [0.25, 0.3) is 0 Å². The van der Waals surface area contributed by atoms with E-state index in [0.29, 0.717) is 5.92 Å². The molecule has 1 N–H and O–H groups in total. The van der Waals surface area contributed by atoms with Gasteiger partial charge in [-0.25, -0.2) is 8.42 Å². The number of rotatable bonds is 5. The summed E-state index contributed by atoms with van der Waals surface area (Å²) in [6.45, 7) is 7.47. The number of hydrogen-bond acceptors (Lipinski definition) is 3. The largest absolute Gasteiger partial charge is 0.352 e. The Labute approximate surface area is 146 Å². The molecule has 1 saturated carbocycles. The van der Waals surface area contributed by atoms with Crippen molar-refractivity contribution in [3.8, 4) is 0 Å². The third-order valence-electron chi connectivity index (χ3n) is 5.21. The quantitative estimate of drug-likeness (QED) is 0.885. The molecule has 134 valence electrons. The highest BCUT2D eigenvalue weighted by Gasteiger charge is 2.31. The molecule has 1 amide bonds. The lowest BCUT2D eigenvalue weighted by molar-refractivity contribution is -0.121. The standard InChI is InChI=1S/C19H29NO3S/c1-13-9-10-14(2)17(11-13)12-24(22,23)16(4)19(21)20-18-8-6-5-7-15(18)3/h9-11,15-16,18H,5-8,12H2,1-4H3,(H,20,21)/t15-,16-,18-/m1/s1. The molecule has 0 spiro atoms. The van der Waals surface area contributed by atoms with Crippen LogP contribution in [0.1, 0.15) is 56.2 Å². The van der Waals surface area contributed by atoms with Gasteiger partial charge in [0.2, 0.25) is 5.91 Å². The lowest BCUT2D eigenvalue weighted by Crippen LogP contribution is -2.47. The maximum atomic E-state index is 12.7. The van der Waals surface area contributed by atoms with Gasteiger partial charge in [-0.05, 0) is 50.7 Å². The first-order valence-electron chi connectivity index (χ1n) is 8.79. The van der Waals surface area contributed by atoms with E-state index < -0.39 is 15.1 Å². The molecule has 5 heteroatoms. The molecule has 1 aromatic rings. The monoisotopic (exact) mass is 351 g/mol. The molecule has 0 heterocycles. The zero-order valence-corrected chi connectivity index (χ0v) is 15.9. The van der Waals surface area contributed by atoms with Crippen molar-refractivity contribution in [3.05, 3.63) is 34.9 Å². The molecule has 0 radical (unpaired) electrons. The molecule has 0 unspecified atom stereocenters. The van der Waals surface area contributed by atoms with E-state index in [9.17, 15) is 13.2 Å². The van der Waals surface area contributed by atoms with Crippen LogP contribution < -0.4 is 5.32 Å². The fraction of sp³-hybridized carbons (Fsp3) is 0.632. The Bertz CT molecular complexity index is 697. The summed E-state index contributed by atoms with van der Waals surface area (Å²) >= 11 is 0. The van der Waals surface area contributed by atoms with Gasteiger partial charge in [-0.15, -0.1) is 0 Å². The molecule has 0 aliphatic heterocycles. The number of amides is 1. The Hall–Kier alpha value is -1.36. The second-order valence-corrected chi connectivity index (χ2v) is 9.58. The fourth-order valence-electron chi connectivity index (χ4n) is 3.29. The number of benzene rings is 1. The zero-order valence-electron chi connectivity index (χ0n) is 15.1. The maximum absolute atomic E-state index is 12.7. The second kappa shape index (κ2) is 7.68. The van der Waals surface area contributed by atoms with Gasteiger partial charge < -0.3 is 5.32 Å². The zero-order chi connectivity index (χ0) is 17.9. The second-order valence-electron chi connectivity index (χ2n) is 7.26. The highest BCUT2D eigenvalue weighted by atomic mass is 32.2. The third-order valence-corrected chi connectivity index (χ3v) is 7.21. The summed E-state index contributed by atoms with van der Waals surface area (Å²) < 4.78 is 25.3. The smallest absolute Gasteiger partial charge is 0.238 e.